The van der Waals surface area contributed by atoms with E-state index in [-0.39, 0.29) is 17.6 Å². The number of ether oxygens (including phenoxy) is 1. The van der Waals surface area contributed by atoms with E-state index in [0.29, 0.717) is 25.1 Å². The molecule has 5 rings (SSSR count). The van der Waals surface area contributed by atoms with Gasteiger partial charge in [-0.25, -0.2) is 4.39 Å². The highest BCUT2D eigenvalue weighted by molar-refractivity contribution is 5.79. The Kier molecular flexibility index (Phi) is 5.68. The first kappa shape index (κ1) is 19.0. The van der Waals surface area contributed by atoms with Gasteiger partial charge in [-0.1, -0.05) is 5.21 Å². The molecule has 1 unspecified atom stereocenters. The number of methoxy groups -OCH3 is 1. The van der Waals surface area contributed by atoms with E-state index < -0.39 is 0 Å². The Morgan fingerprint density at radius 3 is 2.89 bits per heavy atom. The molecule has 1 amide bonds. The number of nitrogens with one attached hydrogen (secondary N) is 1. The van der Waals surface area contributed by atoms with Gasteiger partial charge in [0.2, 0.25) is 5.91 Å². The maximum Gasteiger partial charge on any atom is 0.224 e. The Hall–Kier alpha value is -2.32. The van der Waals surface area contributed by atoms with Gasteiger partial charge < -0.3 is 10.1 Å². The van der Waals surface area contributed by atoms with Crippen LogP contribution in [0.1, 0.15) is 12.8 Å². The van der Waals surface area contributed by atoms with E-state index in [1.54, 1.807) is 19.2 Å². The lowest BCUT2D eigenvalue weighted by Gasteiger charge is -2.49. The molecule has 0 aliphatic carbocycles. The number of piperidine rings is 3. The molecule has 3 saturated heterocycles. The molecule has 2 bridgehead atoms. The Balaban J connectivity index is 1.36. The van der Waals surface area contributed by atoms with Gasteiger partial charge in [0.05, 0.1) is 25.3 Å². The van der Waals surface area contributed by atoms with Crippen molar-refractivity contribution in [2.24, 2.45) is 11.8 Å². The third-order valence-electron chi connectivity index (χ3n) is 5.90. The zero-order chi connectivity index (χ0) is 19.5. The van der Waals surface area contributed by atoms with Gasteiger partial charge in [-0.05, 0) is 49.6 Å². The number of carbonyl (C=O) groups excluding carboxylic acids is 1. The Morgan fingerprint density at radius 2 is 2.18 bits per heavy atom. The van der Waals surface area contributed by atoms with Gasteiger partial charge in [-0.3, -0.25) is 14.4 Å². The fourth-order valence-corrected chi connectivity index (χ4v) is 4.39. The van der Waals surface area contributed by atoms with Gasteiger partial charge in [0.1, 0.15) is 11.5 Å². The highest BCUT2D eigenvalue weighted by Gasteiger charge is 2.43. The predicted molar refractivity (Wildman–Crippen MR) is 102 cm³/mol. The number of amides is 1. The van der Waals surface area contributed by atoms with Crippen molar-refractivity contribution in [3.63, 3.8) is 0 Å². The molecule has 0 spiro atoms. The number of carbonyl (C=O) groups is 1. The Labute approximate surface area is 163 Å². The molecule has 1 aromatic heterocycles. The minimum atomic E-state index is -0.261. The van der Waals surface area contributed by atoms with Crippen molar-refractivity contribution >= 4 is 5.91 Å². The number of halogens is 1. The second-order valence-corrected chi connectivity index (χ2v) is 7.66. The summed E-state index contributed by atoms with van der Waals surface area (Å²) in [6.07, 6.45) is 3.97. The third kappa shape index (κ3) is 4.07. The molecule has 0 radical (unpaired) electrons. The van der Waals surface area contributed by atoms with Crippen LogP contribution >= 0.6 is 0 Å². The molecule has 8 heteroatoms. The molecule has 7 nitrogen and oxygen atoms in total. The molecule has 4 heterocycles. The average molecular weight is 387 g/mol. The number of hydrogen-bond donors (Lipinski definition) is 1. The summed E-state index contributed by atoms with van der Waals surface area (Å²) in [4.78, 5) is 14.9. The van der Waals surface area contributed by atoms with Crippen LogP contribution in [0.2, 0.25) is 0 Å². The van der Waals surface area contributed by atoms with Crippen molar-refractivity contribution in [1.82, 2.24) is 25.2 Å². The highest BCUT2D eigenvalue weighted by atomic mass is 19.1. The Bertz CT molecular complexity index is 809. The van der Waals surface area contributed by atoms with Gasteiger partial charge in [0.25, 0.3) is 0 Å². The summed E-state index contributed by atoms with van der Waals surface area (Å²) in [5, 5.41) is 11.5. The van der Waals surface area contributed by atoms with Crippen molar-refractivity contribution in [1.29, 1.82) is 0 Å². The van der Waals surface area contributed by atoms with Crippen LogP contribution < -0.4 is 5.32 Å². The zero-order valence-electron chi connectivity index (χ0n) is 16.1. The van der Waals surface area contributed by atoms with Gasteiger partial charge in [-0.2, -0.15) is 0 Å². The first-order chi connectivity index (χ1) is 13.6. The van der Waals surface area contributed by atoms with Crippen LogP contribution in [0, 0.1) is 17.7 Å². The summed E-state index contributed by atoms with van der Waals surface area (Å²) in [5.41, 5.74) is 1.59. The van der Waals surface area contributed by atoms with E-state index in [2.05, 4.69) is 20.5 Å². The minimum absolute atomic E-state index is 0.0624. The van der Waals surface area contributed by atoms with E-state index in [1.807, 2.05) is 10.9 Å². The number of nitrogens with zero attached hydrogens (tertiary/aromatic N) is 4. The van der Waals surface area contributed by atoms with Gasteiger partial charge in [0.15, 0.2) is 0 Å². The summed E-state index contributed by atoms with van der Waals surface area (Å²) in [7, 11) is 1.64. The third-order valence-corrected chi connectivity index (χ3v) is 5.90. The van der Waals surface area contributed by atoms with Crippen LogP contribution in [0.3, 0.4) is 0 Å². The lowest BCUT2D eigenvalue weighted by atomic mass is 9.75. The molecule has 1 N–H and O–H groups in total. The maximum absolute atomic E-state index is 13.1. The van der Waals surface area contributed by atoms with Crippen molar-refractivity contribution in [2.75, 3.05) is 33.4 Å². The minimum Gasteiger partial charge on any atom is -0.383 e. The molecule has 3 fully saturated rings. The Morgan fingerprint density at radius 1 is 1.36 bits per heavy atom. The lowest BCUT2D eigenvalue weighted by Crippen LogP contribution is -2.58. The van der Waals surface area contributed by atoms with E-state index in [1.165, 1.54) is 12.1 Å². The SMILES string of the molecule is COCCNC(=O)[C@H]1CN2CC[C@@H]1C[C@@H]2Cn1cc(-c2ccc(F)cc2)nn1. The quantitative estimate of drug-likeness (QED) is 0.730. The van der Waals surface area contributed by atoms with Crippen molar-refractivity contribution in [3.8, 4) is 11.3 Å². The molecule has 3 aliphatic rings. The zero-order valence-corrected chi connectivity index (χ0v) is 16.1. The molecule has 0 saturated carbocycles. The van der Waals surface area contributed by atoms with E-state index >= 15 is 0 Å². The standard InChI is InChI=1S/C20H26FN5O2/c1-28-9-7-22-20(27)18-12-25-8-6-15(18)10-17(25)11-26-13-19(23-24-26)14-2-4-16(21)5-3-14/h2-5,13,15,17-18H,6-12H2,1H3,(H,22,27)/t15-,17-,18+/m1/s1. The van der Waals surface area contributed by atoms with E-state index in [9.17, 15) is 9.18 Å². The molecule has 3 aliphatic heterocycles. The summed E-state index contributed by atoms with van der Waals surface area (Å²) < 4.78 is 20.0. The monoisotopic (exact) mass is 387 g/mol. The van der Waals surface area contributed by atoms with Crippen LogP contribution in [0.25, 0.3) is 11.3 Å². The number of rotatable bonds is 7. The second-order valence-electron chi connectivity index (χ2n) is 7.66. The molecule has 4 atom stereocenters. The first-order valence-electron chi connectivity index (χ1n) is 9.81. The summed E-state index contributed by atoms with van der Waals surface area (Å²) in [6.45, 7) is 3.68. The van der Waals surface area contributed by atoms with E-state index in [0.717, 1.165) is 43.7 Å². The maximum atomic E-state index is 13.1. The number of fused-ring (bicyclic) bond motifs is 3. The van der Waals surface area contributed by atoms with Crippen LogP contribution in [-0.2, 0) is 16.1 Å². The van der Waals surface area contributed by atoms with Crippen molar-refractivity contribution in [2.45, 2.75) is 25.4 Å². The van der Waals surface area contributed by atoms with Crippen LogP contribution in [0.5, 0.6) is 0 Å². The number of hydrogen-bond acceptors (Lipinski definition) is 5. The van der Waals surface area contributed by atoms with Crippen LogP contribution in [0.4, 0.5) is 4.39 Å². The summed E-state index contributed by atoms with van der Waals surface area (Å²) >= 11 is 0. The first-order valence-corrected chi connectivity index (χ1v) is 9.81. The van der Waals surface area contributed by atoms with Gasteiger partial charge in [-0.15, -0.1) is 5.10 Å². The van der Waals surface area contributed by atoms with Crippen LogP contribution in [-0.4, -0.2) is 65.2 Å². The fourth-order valence-electron chi connectivity index (χ4n) is 4.39. The molecule has 150 valence electrons. The fraction of sp³-hybridized carbons (Fsp3) is 0.550. The smallest absolute Gasteiger partial charge is 0.224 e. The average Bonchev–Trinajstić information content (AvgIpc) is 3.17. The molecule has 2 aromatic rings. The van der Waals surface area contributed by atoms with E-state index in [4.69, 9.17) is 4.74 Å². The predicted octanol–water partition coefficient (Wildman–Crippen LogP) is 1.56. The molecule has 1 aromatic carbocycles. The topological polar surface area (TPSA) is 72.3 Å². The normalized spacial score (nSPS) is 26.4. The van der Waals surface area contributed by atoms with Crippen LogP contribution in [0.15, 0.2) is 30.5 Å². The molecular weight excluding hydrogens is 361 g/mol. The largest absolute Gasteiger partial charge is 0.383 e. The second kappa shape index (κ2) is 8.36. The summed E-state index contributed by atoms with van der Waals surface area (Å²) in [5.74, 6) is 0.359. The highest BCUT2D eigenvalue weighted by Crippen LogP contribution is 2.37. The van der Waals surface area contributed by atoms with Gasteiger partial charge >= 0.3 is 0 Å². The lowest BCUT2D eigenvalue weighted by molar-refractivity contribution is -0.133. The molecule has 28 heavy (non-hydrogen) atoms. The van der Waals surface area contributed by atoms with Crippen molar-refractivity contribution in [3.05, 3.63) is 36.3 Å². The van der Waals surface area contributed by atoms with Gasteiger partial charge in [0, 0.05) is 31.8 Å². The summed E-state index contributed by atoms with van der Waals surface area (Å²) in [6, 6.07) is 6.64. The van der Waals surface area contributed by atoms with Crippen molar-refractivity contribution < 1.29 is 13.9 Å². The molecular formula is C20H26FN5O2. The number of aromatic nitrogens is 3. The number of benzene rings is 1.